The molecule has 0 bridgehead atoms. The third-order valence-corrected chi connectivity index (χ3v) is 2.37. The Hall–Kier alpha value is -1.26. The van der Waals surface area contributed by atoms with E-state index in [1.807, 2.05) is 0 Å². The topological polar surface area (TPSA) is 64.6 Å². The predicted octanol–water partition coefficient (Wildman–Crippen LogP) is -0.344. The van der Waals surface area contributed by atoms with E-state index in [9.17, 15) is 9.59 Å². The Bertz CT molecular complexity index is 240. The van der Waals surface area contributed by atoms with Crippen LogP contribution in [0.25, 0.3) is 0 Å². The zero-order chi connectivity index (χ0) is 8.72. The Morgan fingerprint density at radius 2 is 2.50 bits per heavy atom. The van der Waals surface area contributed by atoms with Crippen LogP contribution in [0.15, 0.2) is 0 Å². The van der Waals surface area contributed by atoms with E-state index >= 15 is 0 Å². The lowest BCUT2D eigenvalue weighted by atomic mass is 9.77. The number of hydrogen-bond acceptors (Lipinski definition) is 4. The van der Waals surface area contributed by atoms with Crippen molar-refractivity contribution >= 4 is 12.1 Å². The summed E-state index contributed by atoms with van der Waals surface area (Å²) in [5, 5.41) is 2.56. The van der Waals surface area contributed by atoms with Crippen LogP contribution in [0, 0.1) is 5.92 Å². The van der Waals surface area contributed by atoms with Crippen LogP contribution in [0.4, 0.5) is 4.79 Å². The van der Waals surface area contributed by atoms with E-state index in [2.05, 4.69) is 10.1 Å². The number of hydrogen-bond donors (Lipinski definition) is 1. The average molecular weight is 171 g/mol. The van der Waals surface area contributed by atoms with E-state index in [4.69, 9.17) is 4.74 Å². The molecule has 2 aliphatic rings. The van der Waals surface area contributed by atoms with Crippen molar-refractivity contribution in [1.82, 2.24) is 5.32 Å². The second-order valence-electron chi connectivity index (χ2n) is 2.98. The van der Waals surface area contributed by atoms with Crippen LogP contribution in [-0.4, -0.2) is 31.3 Å². The van der Waals surface area contributed by atoms with Gasteiger partial charge in [0.25, 0.3) is 0 Å². The van der Waals surface area contributed by atoms with Crippen molar-refractivity contribution in [1.29, 1.82) is 0 Å². The summed E-state index contributed by atoms with van der Waals surface area (Å²) in [5.41, 5.74) is 0. The van der Waals surface area contributed by atoms with Crippen molar-refractivity contribution in [2.24, 2.45) is 5.92 Å². The first-order valence-electron chi connectivity index (χ1n) is 3.77. The fraction of sp³-hybridized carbons (Fsp3) is 0.714. The van der Waals surface area contributed by atoms with Gasteiger partial charge in [0.05, 0.1) is 19.1 Å². The smallest absolute Gasteiger partial charge is 0.407 e. The lowest BCUT2D eigenvalue weighted by Crippen LogP contribution is -2.53. The maximum absolute atomic E-state index is 11.0. The van der Waals surface area contributed by atoms with Crippen molar-refractivity contribution in [3.05, 3.63) is 0 Å². The molecule has 1 aliphatic carbocycles. The molecule has 1 N–H and O–H groups in total. The Kier molecular flexibility index (Phi) is 1.46. The highest BCUT2D eigenvalue weighted by Gasteiger charge is 2.53. The third kappa shape index (κ3) is 0.855. The first kappa shape index (κ1) is 7.39. The van der Waals surface area contributed by atoms with E-state index in [1.54, 1.807) is 0 Å². The summed E-state index contributed by atoms with van der Waals surface area (Å²) in [7, 11) is 1.34. The maximum atomic E-state index is 11.0. The normalized spacial score (nSPS) is 37.4. The molecule has 0 spiro atoms. The van der Waals surface area contributed by atoms with Crippen molar-refractivity contribution in [3.8, 4) is 0 Å². The van der Waals surface area contributed by atoms with Crippen LogP contribution in [-0.2, 0) is 14.3 Å². The van der Waals surface area contributed by atoms with Crippen LogP contribution in [0.1, 0.15) is 6.42 Å². The maximum Gasteiger partial charge on any atom is 0.407 e. The molecule has 2 fully saturated rings. The second-order valence-corrected chi connectivity index (χ2v) is 2.98. The Labute approximate surface area is 69.0 Å². The van der Waals surface area contributed by atoms with E-state index in [0.717, 1.165) is 0 Å². The molecule has 1 aliphatic heterocycles. The monoisotopic (exact) mass is 171 g/mol. The zero-order valence-corrected chi connectivity index (χ0v) is 6.57. The summed E-state index contributed by atoms with van der Waals surface area (Å²) >= 11 is 0. The van der Waals surface area contributed by atoms with Gasteiger partial charge in [-0.2, -0.15) is 0 Å². The summed E-state index contributed by atoms with van der Waals surface area (Å²) in [6.07, 6.45) is 0.0220. The number of rotatable bonds is 1. The standard InChI is InChI=1S/C7H9NO4/c1-11-6(9)3-2-4-5(3)8-7(10)12-4/h3-5H,2H2,1H3,(H,8,10)/t3-,4+,5-/m1/s1. The number of ether oxygens (including phenoxy) is 2. The third-order valence-electron chi connectivity index (χ3n) is 2.37. The molecule has 1 heterocycles. The molecule has 66 valence electrons. The van der Waals surface area contributed by atoms with Gasteiger partial charge in [-0.25, -0.2) is 4.79 Å². The summed E-state index contributed by atoms with van der Waals surface area (Å²) in [6.45, 7) is 0. The summed E-state index contributed by atoms with van der Waals surface area (Å²) in [5.74, 6) is -0.492. The number of fused-ring (bicyclic) bond motifs is 1. The molecule has 5 nitrogen and oxygen atoms in total. The van der Waals surface area contributed by atoms with E-state index in [0.29, 0.717) is 6.42 Å². The number of esters is 1. The van der Waals surface area contributed by atoms with Gasteiger partial charge in [-0.3, -0.25) is 4.79 Å². The van der Waals surface area contributed by atoms with Gasteiger partial charge in [0.15, 0.2) is 0 Å². The number of carbonyl (C=O) groups excluding carboxylic acids is 2. The van der Waals surface area contributed by atoms with Gasteiger partial charge in [0.1, 0.15) is 6.10 Å². The molecule has 3 atom stereocenters. The molecule has 2 rings (SSSR count). The van der Waals surface area contributed by atoms with E-state index < -0.39 is 6.09 Å². The average Bonchev–Trinajstić information content (AvgIpc) is 2.31. The zero-order valence-electron chi connectivity index (χ0n) is 6.57. The fourth-order valence-corrected chi connectivity index (χ4v) is 1.62. The van der Waals surface area contributed by atoms with Gasteiger partial charge in [-0.05, 0) is 0 Å². The highest BCUT2D eigenvalue weighted by atomic mass is 16.6. The van der Waals surface area contributed by atoms with Crippen molar-refractivity contribution < 1.29 is 19.1 Å². The molecule has 12 heavy (non-hydrogen) atoms. The van der Waals surface area contributed by atoms with Gasteiger partial charge in [-0.15, -0.1) is 0 Å². The molecule has 5 heteroatoms. The molecule has 0 aromatic heterocycles. The van der Waals surface area contributed by atoms with Gasteiger partial charge in [0, 0.05) is 6.42 Å². The Morgan fingerprint density at radius 3 is 3.08 bits per heavy atom. The number of amides is 1. The SMILES string of the molecule is COC(=O)[C@@H]1C[C@@H]2OC(=O)N[C@@H]21. The molecule has 1 saturated heterocycles. The fourth-order valence-electron chi connectivity index (χ4n) is 1.62. The van der Waals surface area contributed by atoms with Crippen LogP contribution in [0.2, 0.25) is 0 Å². The predicted molar refractivity (Wildman–Crippen MR) is 37.3 cm³/mol. The molecule has 0 aromatic carbocycles. The lowest BCUT2D eigenvalue weighted by Gasteiger charge is -2.34. The minimum absolute atomic E-state index is 0.124. The molecular weight excluding hydrogens is 162 g/mol. The Balaban J connectivity index is 1.99. The molecule has 0 aromatic rings. The summed E-state index contributed by atoms with van der Waals surface area (Å²) in [6, 6.07) is -0.162. The van der Waals surface area contributed by atoms with Gasteiger partial charge in [0.2, 0.25) is 0 Å². The van der Waals surface area contributed by atoms with Crippen molar-refractivity contribution in [3.63, 3.8) is 0 Å². The molecule has 0 radical (unpaired) electrons. The lowest BCUT2D eigenvalue weighted by molar-refractivity contribution is -0.152. The highest BCUT2D eigenvalue weighted by molar-refractivity contribution is 5.79. The molecular formula is C7H9NO4. The molecule has 0 unspecified atom stereocenters. The van der Waals surface area contributed by atoms with Gasteiger partial charge < -0.3 is 14.8 Å². The Morgan fingerprint density at radius 1 is 1.75 bits per heavy atom. The van der Waals surface area contributed by atoms with Crippen LogP contribution in [0.3, 0.4) is 0 Å². The quantitative estimate of drug-likeness (QED) is 0.548. The minimum Gasteiger partial charge on any atom is -0.469 e. The largest absolute Gasteiger partial charge is 0.469 e. The van der Waals surface area contributed by atoms with Crippen molar-refractivity contribution in [2.75, 3.05) is 7.11 Å². The first-order valence-corrected chi connectivity index (χ1v) is 3.77. The number of methoxy groups -OCH3 is 1. The van der Waals surface area contributed by atoms with E-state index in [-0.39, 0.29) is 24.0 Å². The summed E-state index contributed by atoms with van der Waals surface area (Å²) < 4.78 is 9.38. The van der Waals surface area contributed by atoms with Crippen LogP contribution >= 0.6 is 0 Å². The summed E-state index contributed by atoms with van der Waals surface area (Å²) in [4.78, 5) is 21.7. The van der Waals surface area contributed by atoms with Gasteiger partial charge >= 0.3 is 12.1 Å². The van der Waals surface area contributed by atoms with Crippen LogP contribution < -0.4 is 5.32 Å². The molecule has 1 saturated carbocycles. The number of carbonyl (C=O) groups is 2. The van der Waals surface area contributed by atoms with E-state index in [1.165, 1.54) is 7.11 Å². The van der Waals surface area contributed by atoms with Gasteiger partial charge in [-0.1, -0.05) is 0 Å². The second kappa shape index (κ2) is 2.36. The first-order chi connectivity index (χ1) is 5.72. The highest BCUT2D eigenvalue weighted by Crippen LogP contribution is 2.35. The van der Waals surface area contributed by atoms with Crippen molar-refractivity contribution in [2.45, 2.75) is 18.6 Å². The minimum atomic E-state index is -0.434. The number of alkyl carbamates (subject to hydrolysis) is 1. The van der Waals surface area contributed by atoms with Crippen LogP contribution in [0.5, 0.6) is 0 Å². The number of nitrogens with one attached hydrogen (secondary N) is 1. The molecule has 1 amide bonds.